The van der Waals surface area contributed by atoms with Crippen LogP contribution in [-0.2, 0) is 9.47 Å². The Balaban J connectivity index is 1.21. The minimum absolute atomic E-state index is 0.373. The van der Waals surface area contributed by atoms with Crippen molar-refractivity contribution in [2.24, 2.45) is 10.9 Å². The zero-order valence-corrected chi connectivity index (χ0v) is 22.1. The minimum Gasteiger partial charge on any atom is -0.457 e. The molecule has 1 aromatic heterocycles. The molecular formula is C29H36N4O3S. The van der Waals surface area contributed by atoms with E-state index in [0.717, 1.165) is 116 Å². The topological polar surface area (TPSA) is 71.1 Å². The summed E-state index contributed by atoms with van der Waals surface area (Å²) >= 11 is 1.86. The molecule has 3 aliphatic rings. The number of aromatic amines is 1. The lowest BCUT2D eigenvalue weighted by Gasteiger charge is -2.26. The second-order valence-corrected chi connectivity index (χ2v) is 11.1. The van der Waals surface area contributed by atoms with Crippen LogP contribution in [0, 0.1) is 5.92 Å². The zero-order chi connectivity index (χ0) is 24.9. The highest BCUT2D eigenvalue weighted by Gasteiger charge is 2.23. The molecule has 7 nitrogen and oxygen atoms in total. The molecule has 0 bridgehead atoms. The number of aliphatic imine (C=N–C) groups is 1. The van der Waals surface area contributed by atoms with Crippen molar-refractivity contribution in [3.05, 3.63) is 54.2 Å². The monoisotopic (exact) mass is 520 g/mol. The van der Waals surface area contributed by atoms with E-state index in [1.54, 1.807) is 0 Å². The van der Waals surface area contributed by atoms with E-state index in [1.165, 1.54) is 0 Å². The van der Waals surface area contributed by atoms with Crippen molar-refractivity contribution < 1.29 is 14.2 Å². The first-order valence-corrected chi connectivity index (χ1v) is 14.5. The van der Waals surface area contributed by atoms with Gasteiger partial charge in [0.05, 0.1) is 36.2 Å². The summed E-state index contributed by atoms with van der Waals surface area (Å²) in [5.74, 6) is 3.35. The van der Waals surface area contributed by atoms with Gasteiger partial charge in [0.2, 0.25) is 0 Å². The third-order valence-electron chi connectivity index (χ3n) is 7.43. The third kappa shape index (κ3) is 6.32. The summed E-state index contributed by atoms with van der Waals surface area (Å²) < 4.78 is 17.3. The van der Waals surface area contributed by atoms with Crippen LogP contribution >= 0.6 is 11.8 Å². The van der Waals surface area contributed by atoms with Crippen molar-refractivity contribution in [1.82, 2.24) is 9.88 Å². The quantitative estimate of drug-likeness (QED) is 0.395. The van der Waals surface area contributed by atoms with Crippen molar-refractivity contribution in [3.8, 4) is 11.5 Å². The predicted octanol–water partition coefficient (Wildman–Crippen LogP) is 5.38. The number of para-hydroxylation sites is 1. The highest BCUT2D eigenvalue weighted by Crippen LogP contribution is 2.35. The van der Waals surface area contributed by atoms with E-state index in [9.17, 15) is 0 Å². The molecule has 2 saturated heterocycles. The molecule has 0 spiro atoms. The summed E-state index contributed by atoms with van der Waals surface area (Å²) in [4.78, 5) is 11.3. The van der Waals surface area contributed by atoms with E-state index in [-0.39, 0.29) is 0 Å². The summed E-state index contributed by atoms with van der Waals surface area (Å²) in [5.41, 5.74) is 3.29. The Kier molecular flexibility index (Phi) is 7.97. The first-order chi connectivity index (χ1) is 18.3. The van der Waals surface area contributed by atoms with Gasteiger partial charge in [-0.1, -0.05) is 18.2 Å². The summed E-state index contributed by atoms with van der Waals surface area (Å²) in [6, 6.07) is 16.8. The Morgan fingerprint density at radius 2 is 1.81 bits per heavy atom. The largest absolute Gasteiger partial charge is 0.457 e. The lowest BCUT2D eigenvalue weighted by atomic mass is 10.0. The molecule has 196 valence electrons. The molecule has 8 heteroatoms. The van der Waals surface area contributed by atoms with Crippen molar-refractivity contribution in [2.45, 2.75) is 25.3 Å². The number of nitrogens with one attached hydrogen (secondary N) is 2. The fourth-order valence-electron chi connectivity index (χ4n) is 5.23. The van der Waals surface area contributed by atoms with Gasteiger partial charge in [-0.3, -0.25) is 9.89 Å². The van der Waals surface area contributed by atoms with E-state index in [1.807, 2.05) is 42.1 Å². The van der Waals surface area contributed by atoms with Crippen LogP contribution < -0.4 is 10.1 Å². The number of aromatic nitrogens is 1. The van der Waals surface area contributed by atoms with E-state index in [2.05, 4.69) is 33.4 Å². The van der Waals surface area contributed by atoms with Gasteiger partial charge in [-0.25, -0.2) is 0 Å². The van der Waals surface area contributed by atoms with Gasteiger partial charge in [-0.2, -0.15) is 0 Å². The summed E-state index contributed by atoms with van der Waals surface area (Å²) in [6.07, 6.45) is 3.31. The average Bonchev–Trinajstić information content (AvgIpc) is 3.60. The first kappa shape index (κ1) is 24.8. The maximum absolute atomic E-state index is 6.24. The first-order valence-electron chi connectivity index (χ1n) is 13.5. The average molecular weight is 521 g/mol. The number of rotatable bonds is 9. The fourth-order valence-corrected chi connectivity index (χ4v) is 6.31. The molecule has 0 aliphatic carbocycles. The smallest absolute Gasteiger partial charge is 0.130 e. The lowest BCUT2D eigenvalue weighted by Crippen LogP contribution is -2.37. The van der Waals surface area contributed by atoms with Crippen molar-refractivity contribution in [1.29, 1.82) is 0 Å². The third-order valence-corrected chi connectivity index (χ3v) is 8.58. The van der Waals surface area contributed by atoms with Crippen LogP contribution in [0.5, 0.6) is 11.5 Å². The number of nitrogens with zero attached hydrogens (tertiary/aromatic N) is 2. The molecule has 0 radical (unpaired) electrons. The summed E-state index contributed by atoms with van der Waals surface area (Å²) in [6.45, 7) is 7.52. The van der Waals surface area contributed by atoms with Crippen LogP contribution in [0.15, 0.2) is 53.5 Å². The maximum Gasteiger partial charge on any atom is 0.130 e. The normalized spacial score (nSPS) is 21.3. The van der Waals surface area contributed by atoms with Crippen LogP contribution in [0.1, 0.15) is 25.0 Å². The van der Waals surface area contributed by atoms with E-state index in [0.29, 0.717) is 12.0 Å². The van der Waals surface area contributed by atoms with Gasteiger partial charge in [0.1, 0.15) is 16.5 Å². The number of anilines is 1. The fraction of sp³-hybridized carbons (Fsp3) is 0.483. The summed E-state index contributed by atoms with van der Waals surface area (Å²) in [5, 5.41) is 5.98. The van der Waals surface area contributed by atoms with E-state index in [4.69, 9.17) is 19.2 Å². The van der Waals surface area contributed by atoms with Gasteiger partial charge in [-0.05, 0) is 49.4 Å². The van der Waals surface area contributed by atoms with Gasteiger partial charge < -0.3 is 24.5 Å². The van der Waals surface area contributed by atoms with Crippen molar-refractivity contribution >= 4 is 33.4 Å². The minimum atomic E-state index is 0.373. The molecule has 3 aliphatic heterocycles. The number of thioether (sulfide) groups is 1. The molecule has 0 amide bonds. The van der Waals surface area contributed by atoms with Gasteiger partial charge >= 0.3 is 0 Å². The Bertz CT molecular complexity index is 1200. The van der Waals surface area contributed by atoms with Crippen LogP contribution in [0.25, 0.3) is 10.9 Å². The number of hydrogen-bond acceptors (Lipinski definition) is 7. The molecule has 4 heterocycles. The second kappa shape index (κ2) is 11.9. The molecule has 1 atom stereocenters. The molecule has 6 rings (SSSR count). The molecule has 3 aromatic rings. The molecule has 0 saturated carbocycles. The number of ether oxygens (including phenoxy) is 3. The highest BCUT2D eigenvalue weighted by molar-refractivity contribution is 8.14. The molecule has 2 N–H and O–H groups in total. The number of hydrogen-bond donors (Lipinski definition) is 2. The van der Waals surface area contributed by atoms with Crippen LogP contribution in [0.2, 0.25) is 0 Å². The van der Waals surface area contributed by atoms with Gasteiger partial charge in [0.25, 0.3) is 0 Å². The van der Waals surface area contributed by atoms with Gasteiger partial charge in [-0.15, -0.1) is 11.8 Å². The Morgan fingerprint density at radius 1 is 1.00 bits per heavy atom. The molecule has 2 fully saturated rings. The number of benzene rings is 2. The molecule has 2 aromatic carbocycles. The van der Waals surface area contributed by atoms with Crippen LogP contribution in [-0.4, -0.2) is 79.3 Å². The van der Waals surface area contributed by atoms with Gasteiger partial charge in [0, 0.05) is 56.6 Å². The molecule has 37 heavy (non-hydrogen) atoms. The van der Waals surface area contributed by atoms with Crippen molar-refractivity contribution in [2.75, 3.05) is 63.7 Å². The lowest BCUT2D eigenvalue weighted by molar-refractivity contribution is 0.0369. The standard InChI is InChI=1S/C29H36N4O3S/c1-2-4-24(5-3-1)36-25-16-22-17-27(29-31-23(20-37-29)6-9-33-10-14-35-15-11-33)32-28(22)26(18-25)30-19-21-7-12-34-13-8-21/h1-5,16-18,21,23,30,32H,6-15,19-20H2. The Labute approximate surface area is 223 Å². The van der Waals surface area contributed by atoms with Crippen molar-refractivity contribution in [3.63, 3.8) is 0 Å². The maximum atomic E-state index is 6.24. The summed E-state index contributed by atoms with van der Waals surface area (Å²) in [7, 11) is 0. The number of morpholine rings is 1. The van der Waals surface area contributed by atoms with E-state index < -0.39 is 0 Å². The van der Waals surface area contributed by atoms with Gasteiger partial charge in [0.15, 0.2) is 0 Å². The van der Waals surface area contributed by atoms with E-state index >= 15 is 0 Å². The molecule has 1 unspecified atom stereocenters. The highest BCUT2D eigenvalue weighted by atomic mass is 32.2. The SMILES string of the molecule is c1ccc(Oc2cc(NCC3CCOCC3)c3[nH]c(C4=NC(CCN5CCOCC5)CS4)cc3c2)cc1. The van der Waals surface area contributed by atoms with Crippen LogP contribution in [0.3, 0.4) is 0 Å². The Morgan fingerprint density at radius 3 is 2.65 bits per heavy atom. The zero-order valence-electron chi connectivity index (χ0n) is 21.3. The predicted molar refractivity (Wildman–Crippen MR) is 152 cm³/mol. The second-order valence-electron chi connectivity index (χ2n) is 10.1. The number of H-pyrrole nitrogens is 1. The number of fused-ring (bicyclic) bond motifs is 1. The Hall–Kier alpha value is -2.52. The van der Waals surface area contributed by atoms with Crippen LogP contribution in [0.4, 0.5) is 5.69 Å². The molecular weight excluding hydrogens is 484 g/mol.